The van der Waals surface area contributed by atoms with Crippen molar-refractivity contribution in [2.75, 3.05) is 0 Å². The smallest absolute Gasteiger partial charge is 0.169 e. The molecule has 6 heteroatoms. The number of halogens is 2. The Morgan fingerprint density at radius 1 is 1.35 bits per heavy atom. The number of rotatable bonds is 4. The Kier molecular flexibility index (Phi) is 4.52. The summed E-state index contributed by atoms with van der Waals surface area (Å²) in [5, 5.41) is 9.49. The lowest BCUT2D eigenvalue weighted by atomic mass is 10.2. The highest BCUT2D eigenvalue weighted by Crippen LogP contribution is 2.31. The van der Waals surface area contributed by atoms with Gasteiger partial charge in [0.15, 0.2) is 5.75 Å². The highest BCUT2D eigenvalue weighted by atomic mass is 35.5. The molecule has 0 unspecified atom stereocenters. The van der Waals surface area contributed by atoms with Gasteiger partial charge in [0.05, 0.1) is 17.8 Å². The molecule has 0 saturated heterocycles. The molecule has 0 atom stereocenters. The van der Waals surface area contributed by atoms with Crippen molar-refractivity contribution in [1.29, 1.82) is 0 Å². The average Bonchev–Trinajstić information content (AvgIpc) is 2.42. The molecule has 2 aromatic rings. The Morgan fingerprint density at radius 3 is 2.70 bits per heavy atom. The van der Waals surface area contributed by atoms with E-state index in [0.717, 1.165) is 6.07 Å². The van der Waals surface area contributed by atoms with Crippen LogP contribution in [0.3, 0.4) is 0 Å². The molecule has 2 rings (SSSR count). The van der Waals surface area contributed by atoms with Gasteiger partial charge in [0.2, 0.25) is 0 Å². The molecule has 0 fully saturated rings. The van der Waals surface area contributed by atoms with Crippen molar-refractivity contribution in [3.8, 4) is 11.5 Å². The molecule has 106 valence electrons. The summed E-state index contributed by atoms with van der Waals surface area (Å²) in [6, 6.07) is 3.80. The average molecular weight is 297 g/mol. The molecule has 0 radical (unpaired) electrons. The van der Waals surface area contributed by atoms with Crippen LogP contribution in [0, 0.1) is 5.82 Å². The third-order valence-electron chi connectivity index (χ3n) is 2.63. The molecular formula is C14H14ClFN2O2. The molecule has 0 spiro atoms. The van der Waals surface area contributed by atoms with Crippen LogP contribution in [0.15, 0.2) is 24.4 Å². The zero-order valence-corrected chi connectivity index (χ0v) is 11.9. The van der Waals surface area contributed by atoms with E-state index >= 15 is 0 Å². The first-order chi connectivity index (χ1) is 9.51. The summed E-state index contributed by atoms with van der Waals surface area (Å²) in [6.45, 7) is 3.62. The summed E-state index contributed by atoms with van der Waals surface area (Å²) in [4.78, 5) is 8.40. The third kappa shape index (κ3) is 3.23. The highest BCUT2D eigenvalue weighted by Gasteiger charge is 2.12. The molecule has 0 aliphatic carbocycles. The fourth-order valence-corrected chi connectivity index (χ4v) is 1.78. The maximum Gasteiger partial charge on any atom is 0.169 e. The number of hydrogen-bond acceptors (Lipinski definition) is 4. The van der Waals surface area contributed by atoms with Crippen molar-refractivity contribution in [1.82, 2.24) is 9.97 Å². The van der Waals surface area contributed by atoms with Gasteiger partial charge in [-0.25, -0.2) is 14.4 Å². The first-order valence-corrected chi connectivity index (χ1v) is 6.48. The van der Waals surface area contributed by atoms with Gasteiger partial charge < -0.3 is 9.84 Å². The van der Waals surface area contributed by atoms with Gasteiger partial charge in [0.1, 0.15) is 23.1 Å². The number of hydrogen-bond donors (Lipinski definition) is 1. The Balaban J connectivity index is 2.33. The Labute approximate surface area is 121 Å². The molecule has 0 aliphatic rings. The number of aliphatic hydroxyl groups is 1. The second kappa shape index (κ2) is 6.15. The summed E-state index contributed by atoms with van der Waals surface area (Å²) >= 11 is 5.89. The Morgan fingerprint density at radius 2 is 2.10 bits per heavy atom. The summed E-state index contributed by atoms with van der Waals surface area (Å²) < 4.78 is 18.5. The van der Waals surface area contributed by atoms with Crippen LogP contribution >= 0.6 is 11.6 Å². The Bertz CT molecular complexity index is 620. The van der Waals surface area contributed by atoms with Crippen LogP contribution < -0.4 is 4.74 Å². The SMILES string of the molecule is CC(C)c1ncc(Oc2ccc(F)cc2Cl)c(CO)n1. The Hall–Kier alpha value is -1.72. The topological polar surface area (TPSA) is 55.2 Å². The lowest BCUT2D eigenvalue weighted by Gasteiger charge is -2.12. The van der Waals surface area contributed by atoms with E-state index in [1.807, 2.05) is 13.8 Å². The molecule has 0 bridgehead atoms. The van der Waals surface area contributed by atoms with E-state index in [1.165, 1.54) is 18.3 Å². The highest BCUT2D eigenvalue weighted by molar-refractivity contribution is 6.32. The van der Waals surface area contributed by atoms with Crippen LogP contribution in [0.1, 0.15) is 31.3 Å². The number of aliphatic hydroxyl groups excluding tert-OH is 1. The molecule has 1 aromatic carbocycles. The van der Waals surface area contributed by atoms with Gasteiger partial charge in [-0.1, -0.05) is 25.4 Å². The quantitative estimate of drug-likeness (QED) is 0.935. The normalized spacial score (nSPS) is 10.9. The van der Waals surface area contributed by atoms with Crippen molar-refractivity contribution in [3.05, 3.63) is 46.8 Å². The van der Waals surface area contributed by atoms with Gasteiger partial charge in [-0.15, -0.1) is 0 Å². The molecule has 20 heavy (non-hydrogen) atoms. The molecule has 1 heterocycles. The van der Waals surface area contributed by atoms with Crippen LogP contribution in [0.2, 0.25) is 5.02 Å². The predicted molar refractivity (Wildman–Crippen MR) is 73.5 cm³/mol. The number of nitrogens with zero attached hydrogens (tertiary/aromatic N) is 2. The minimum Gasteiger partial charge on any atom is -0.452 e. The maximum absolute atomic E-state index is 13.0. The van der Waals surface area contributed by atoms with Crippen molar-refractivity contribution in [3.63, 3.8) is 0 Å². The van der Waals surface area contributed by atoms with Crippen molar-refractivity contribution < 1.29 is 14.2 Å². The molecular weight excluding hydrogens is 283 g/mol. The van der Waals surface area contributed by atoms with Crippen molar-refractivity contribution >= 4 is 11.6 Å². The number of ether oxygens (including phenoxy) is 1. The second-order valence-corrected chi connectivity index (χ2v) is 4.94. The zero-order valence-electron chi connectivity index (χ0n) is 11.1. The zero-order chi connectivity index (χ0) is 14.7. The monoisotopic (exact) mass is 296 g/mol. The van der Waals surface area contributed by atoms with E-state index in [-0.39, 0.29) is 23.3 Å². The fraction of sp³-hybridized carbons (Fsp3) is 0.286. The van der Waals surface area contributed by atoms with Gasteiger partial charge in [-0.2, -0.15) is 0 Å². The summed E-state index contributed by atoms with van der Waals surface area (Å²) in [7, 11) is 0. The number of aromatic nitrogens is 2. The van der Waals surface area contributed by atoms with Gasteiger partial charge in [0, 0.05) is 5.92 Å². The van der Waals surface area contributed by atoms with Gasteiger partial charge in [0.25, 0.3) is 0 Å². The molecule has 0 aliphatic heterocycles. The van der Waals surface area contributed by atoms with E-state index in [1.54, 1.807) is 0 Å². The van der Waals surface area contributed by atoms with Gasteiger partial charge in [-0.05, 0) is 18.2 Å². The summed E-state index contributed by atoms with van der Waals surface area (Å²) in [5.74, 6) is 0.889. The van der Waals surface area contributed by atoms with Crippen LogP contribution in [-0.4, -0.2) is 15.1 Å². The largest absolute Gasteiger partial charge is 0.452 e. The van der Waals surface area contributed by atoms with Crippen LogP contribution in [0.4, 0.5) is 4.39 Å². The van der Waals surface area contributed by atoms with Gasteiger partial charge >= 0.3 is 0 Å². The van der Waals surface area contributed by atoms with Crippen molar-refractivity contribution in [2.24, 2.45) is 0 Å². The predicted octanol–water partition coefficient (Wildman–Crippen LogP) is 3.68. The lowest BCUT2D eigenvalue weighted by molar-refractivity contribution is 0.269. The van der Waals surface area contributed by atoms with E-state index in [9.17, 15) is 9.50 Å². The van der Waals surface area contributed by atoms with E-state index in [2.05, 4.69) is 9.97 Å². The summed E-state index contributed by atoms with van der Waals surface area (Å²) in [6.07, 6.45) is 1.48. The fourth-order valence-electron chi connectivity index (χ4n) is 1.57. The molecule has 0 amide bonds. The molecule has 1 aromatic heterocycles. The first-order valence-electron chi connectivity index (χ1n) is 6.11. The van der Waals surface area contributed by atoms with E-state index in [0.29, 0.717) is 17.3 Å². The van der Waals surface area contributed by atoms with E-state index in [4.69, 9.17) is 16.3 Å². The molecule has 1 N–H and O–H groups in total. The van der Waals surface area contributed by atoms with Crippen LogP contribution in [0.25, 0.3) is 0 Å². The molecule has 0 saturated carbocycles. The standard InChI is InChI=1S/C14H14ClFN2O2/c1-8(2)14-17-6-13(11(7-19)18-14)20-12-4-3-9(16)5-10(12)15/h3-6,8,19H,7H2,1-2H3. The van der Waals surface area contributed by atoms with E-state index < -0.39 is 5.82 Å². The second-order valence-electron chi connectivity index (χ2n) is 4.53. The minimum absolute atomic E-state index is 0.141. The maximum atomic E-state index is 13.0. The van der Waals surface area contributed by atoms with Crippen LogP contribution in [0.5, 0.6) is 11.5 Å². The summed E-state index contributed by atoms with van der Waals surface area (Å²) in [5.41, 5.74) is 0.365. The number of benzene rings is 1. The lowest BCUT2D eigenvalue weighted by Crippen LogP contribution is -2.03. The minimum atomic E-state index is -0.448. The van der Waals surface area contributed by atoms with Crippen molar-refractivity contribution in [2.45, 2.75) is 26.4 Å². The molecule has 4 nitrogen and oxygen atoms in total. The van der Waals surface area contributed by atoms with Crippen LogP contribution in [-0.2, 0) is 6.61 Å². The third-order valence-corrected chi connectivity index (χ3v) is 2.92. The van der Waals surface area contributed by atoms with Gasteiger partial charge in [-0.3, -0.25) is 0 Å². The first kappa shape index (κ1) is 14.7.